The van der Waals surface area contributed by atoms with Crippen molar-refractivity contribution in [3.8, 4) is 0 Å². The summed E-state index contributed by atoms with van der Waals surface area (Å²) < 4.78 is 18.8. The average molecular weight is 343 g/mol. The minimum atomic E-state index is -0.608. The first-order chi connectivity index (χ1) is 11.7. The normalized spacial score (nSPS) is 22.4. The van der Waals surface area contributed by atoms with Crippen LogP contribution in [-0.2, 0) is 14.3 Å². The van der Waals surface area contributed by atoms with Gasteiger partial charge in [-0.15, -0.1) is 0 Å². The molecule has 0 spiro atoms. The number of carbonyl (C=O) groups excluding carboxylic acids is 2. The number of methoxy groups -OCH3 is 1. The van der Waals surface area contributed by atoms with Crippen molar-refractivity contribution in [1.29, 1.82) is 0 Å². The Morgan fingerprint density at radius 1 is 1.32 bits per heavy atom. The van der Waals surface area contributed by atoms with E-state index in [2.05, 4.69) is 5.32 Å². The van der Waals surface area contributed by atoms with Gasteiger partial charge in [0.1, 0.15) is 5.82 Å². The molecular weight excluding hydrogens is 321 g/mol. The molecule has 1 aromatic carbocycles. The molecular formula is C20H22FNO3. The number of Topliss-reactive ketones (excluding diaryl/α,β-unsaturated/α-hetero) is 1. The number of halogens is 1. The van der Waals surface area contributed by atoms with E-state index in [1.54, 1.807) is 19.1 Å². The molecule has 0 unspecified atom stereocenters. The van der Waals surface area contributed by atoms with Crippen LogP contribution in [0.3, 0.4) is 0 Å². The minimum Gasteiger partial charge on any atom is -0.466 e. The van der Waals surface area contributed by atoms with Crippen LogP contribution >= 0.6 is 0 Å². The fourth-order valence-electron chi connectivity index (χ4n) is 3.84. The molecule has 4 nitrogen and oxygen atoms in total. The quantitative estimate of drug-likeness (QED) is 0.834. The Labute approximate surface area is 146 Å². The van der Waals surface area contributed by atoms with E-state index < -0.39 is 17.7 Å². The number of rotatable bonds is 2. The highest BCUT2D eigenvalue weighted by Crippen LogP contribution is 2.46. The Balaban J connectivity index is 2.21. The van der Waals surface area contributed by atoms with Crippen LogP contribution in [0.5, 0.6) is 0 Å². The van der Waals surface area contributed by atoms with E-state index in [0.29, 0.717) is 35.2 Å². The number of hydrogen-bond acceptors (Lipinski definition) is 4. The summed E-state index contributed by atoms with van der Waals surface area (Å²) in [5, 5.41) is 3.23. The molecule has 5 heteroatoms. The molecule has 0 radical (unpaired) electrons. The fourth-order valence-corrected chi connectivity index (χ4v) is 3.84. The second-order valence-corrected chi connectivity index (χ2v) is 7.48. The smallest absolute Gasteiger partial charge is 0.336 e. The predicted octanol–water partition coefficient (Wildman–Crippen LogP) is 3.60. The number of hydrogen-bond donors (Lipinski definition) is 1. The lowest BCUT2D eigenvalue weighted by molar-refractivity contribution is -0.136. The summed E-state index contributed by atoms with van der Waals surface area (Å²) >= 11 is 0. The van der Waals surface area contributed by atoms with Crippen molar-refractivity contribution < 1.29 is 18.7 Å². The number of ether oxygens (including phenoxy) is 1. The Morgan fingerprint density at radius 3 is 2.68 bits per heavy atom. The van der Waals surface area contributed by atoms with Crippen molar-refractivity contribution in [2.24, 2.45) is 5.41 Å². The fraction of sp³-hybridized carbons (Fsp3) is 0.400. The summed E-state index contributed by atoms with van der Waals surface area (Å²) in [7, 11) is 1.31. The third-order valence-corrected chi connectivity index (χ3v) is 4.83. The lowest BCUT2D eigenvalue weighted by Gasteiger charge is -2.39. The predicted molar refractivity (Wildman–Crippen MR) is 92.0 cm³/mol. The van der Waals surface area contributed by atoms with Gasteiger partial charge in [-0.2, -0.15) is 0 Å². The van der Waals surface area contributed by atoms with Crippen LogP contribution < -0.4 is 5.32 Å². The highest BCUT2D eigenvalue weighted by atomic mass is 19.1. The number of nitrogens with one attached hydrogen (secondary N) is 1. The zero-order valence-electron chi connectivity index (χ0n) is 14.9. The van der Waals surface area contributed by atoms with Crippen molar-refractivity contribution in [3.63, 3.8) is 0 Å². The van der Waals surface area contributed by atoms with Gasteiger partial charge in [-0.25, -0.2) is 9.18 Å². The molecule has 132 valence electrons. The molecule has 0 saturated carbocycles. The van der Waals surface area contributed by atoms with Gasteiger partial charge in [-0.1, -0.05) is 26.0 Å². The monoisotopic (exact) mass is 343 g/mol. The Morgan fingerprint density at radius 2 is 2.04 bits per heavy atom. The van der Waals surface area contributed by atoms with Gasteiger partial charge < -0.3 is 10.1 Å². The highest BCUT2D eigenvalue weighted by molar-refractivity contribution is 6.04. The maximum atomic E-state index is 13.8. The Bertz CT molecular complexity index is 820. The molecule has 0 amide bonds. The van der Waals surface area contributed by atoms with Gasteiger partial charge in [-0.05, 0) is 36.5 Å². The maximum absolute atomic E-state index is 13.8. The van der Waals surface area contributed by atoms with Crippen LogP contribution in [-0.4, -0.2) is 18.9 Å². The van der Waals surface area contributed by atoms with Crippen LogP contribution in [0.4, 0.5) is 4.39 Å². The molecule has 1 heterocycles. The number of ketones is 1. The molecule has 0 bridgehead atoms. The zero-order chi connectivity index (χ0) is 18.4. The van der Waals surface area contributed by atoms with Crippen molar-refractivity contribution in [2.45, 2.75) is 39.5 Å². The van der Waals surface area contributed by atoms with E-state index >= 15 is 0 Å². The standard InChI is InChI=1S/C20H22FNO3/c1-11-16(19(24)25-4)17(12-6-5-7-13(21)8-12)18-14(22-11)9-20(2,3)10-15(18)23/h5-8,17,22H,9-10H2,1-4H3/t17-/m0/s1. The van der Waals surface area contributed by atoms with Gasteiger partial charge in [0.15, 0.2) is 5.78 Å². The maximum Gasteiger partial charge on any atom is 0.336 e. The van der Waals surface area contributed by atoms with Gasteiger partial charge in [-0.3, -0.25) is 4.79 Å². The van der Waals surface area contributed by atoms with E-state index in [1.165, 1.54) is 19.2 Å². The molecule has 1 aromatic rings. The second kappa shape index (κ2) is 6.14. The van der Waals surface area contributed by atoms with Gasteiger partial charge in [0.05, 0.1) is 12.7 Å². The van der Waals surface area contributed by atoms with Gasteiger partial charge >= 0.3 is 5.97 Å². The third-order valence-electron chi connectivity index (χ3n) is 4.83. The summed E-state index contributed by atoms with van der Waals surface area (Å²) in [4.78, 5) is 25.3. The summed E-state index contributed by atoms with van der Waals surface area (Å²) in [5.74, 6) is -1.53. The van der Waals surface area contributed by atoms with E-state index in [4.69, 9.17) is 4.74 Å². The first-order valence-corrected chi connectivity index (χ1v) is 8.31. The van der Waals surface area contributed by atoms with Crippen LogP contribution in [0.15, 0.2) is 46.8 Å². The summed E-state index contributed by atoms with van der Waals surface area (Å²) in [5.41, 5.74) is 2.81. The summed E-state index contributed by atoms with van der Waals surface area (Å²) in [6, 6.07) is 6.06. The minimum absolute atomic E-state index is 0.0121. The van der Waals surface area contributed by atoms with E-state index in [0.717, 1.165) is 5.70 Å². The zero-order valence-corrected chi connectivity index (χ0v) is 14.9. The number of allylic oxidation sites excluding steroid dienone is 3. The topological polar surface area (TPSA) is 55.4 Å². The lowest BCUT2D eigenvalue weighted by Crippen LogP contribution is -2.38. The number of esters is 1. The van der Waals surface area contributed by atoms with Crippen LogP contribution in [0.2, 0.25) is 0 Å². The molecule has 2 aliphatic rings. The highest BCUT2D eigenvalue weighted by Gasteiger charge is 2.43. The van der Waals surface area contributed by atoms with Gasteiger partial charge in [0, 0.05) is 29.3 Å². The second-order valence-electron chi connectivity index (χ2n) is 7.48. The van der Waals surface area contributed by atoms with E-state index in [1.807, 2.05) is 13.8 Å². The van der Waals surface area contributed by atoms with Gasteiger partial charge in [0.2, 0.25) is 0 Å². The largest absolute Gasteiger partial charge is 0.466 e. The molecule has 1 aliphatic heterocycles. The molecule has 0 saturated heterocycles. The average Bonchev–Trinajstić information content (AvgIpc) is 2.51. The summed E-state index contributed by atoms with van der Waals surface area (Å²) in [6.45, 7) is 5.87. The number of carbonyl (C=O) groups is 2. The number of dihydropyridines is 1. The van der Waals surface area contributed by atoms with E-state index in [-0.39, 0.29) is 11.2 Å². The molecule has 25 heavy (non-hydrogen) atoms. The molecule has 0 aromatic heterocycles. The first-order valence-electron chi connectivity index (χ1n) is 8.31. The lowest BCUT2D eigenvalue weighted by atomic mass is 9.68. The van der Waals surface area contributed by atoms with Crippen LogP contribution in [0.25, 0.3) is 0 Å². The van der Waals surface area contributed by atoms with Crippen LogP contribution in [0.1, 0.15) is 45.1 Å². The SMILES string of the molecule is COC(=O)C1=C(C)NC2=C(C(=O)CC(C)(C)C2)[C@H]1c1cccc(F)c1. The van der Waals surface area contributed by atoms with Gasteiger partial charge in [0.25, 0.3) is 0 Å². The van der Waals surface area contributed by atoms with Crippen molar-refractivity contribution >= 4 is 11.8 Å². The molecule has 1 N–H and O–H groups in total. The Kier molecular flexibility index (Phi) is 4.27. The van der Waals surface area contributed by atoms with Crippen molar-refractivity contribution in [2.75, 3.05) is 7.11 Å². The summed E-state index contributed by atoms with van der Waals surface area (Å²) in [6.07, 6.45) is 1.10. The molecule has 1 atom stereocenters. The third kappa shape index (κ3) is 3.11. The van der Waals surface area contributed by atoms with E-state index in [9.17, 15) is 14.0 Å². The van der Waals surface area contributed by atoms with Crippen molar-refractivity contribution in [1.82, 2.24) is 5.32 Å². The molecule has 0 fully saturated rings. The molecule has 1 aliphatic carbocycles. The first kappa shape index (κ1) is 17.4. The van der Waals surface area contributed by atoms with Crippen LogP contribution in [0, 0.1) is 11.2 Å². The molecule has 3 rings (SSSR count). The number of benzene rings is 1. The Hall–Kier alpha value is -2.43. The van der Waals surface area contributed by atoms with Crippen molar-refractivity contribution in [3.05, 3.63) is 58.2 Å².